The number of hydrogen-bond acceptors (Lipinski definition) is 4. The zero-order valence-corrected chi connectivity index (χ0v) is 16.4. The zero-order chi connectivity index (χ0) is 20.5. The quantitative estimate of drug-likeness (QED) is 0.749. The summed E-state index contributed by atoms with van der Waals surface area (Å²) in [7, 11) is 1.62. The maximum absolute atomic E-state index is 13.9. The number of ketones is 1. The number of methoxy groups -OCH3 is 1. The molecule has 1 aliphatic heterocycles. The Kier molecular flexibility index (Phi) is 5.02. The molecule has 5 heteroatoms. The van der Waals surface area contributed by atoms with Gasteiger partial charge < -0.3 is 4.74 Å². The molecule has 3 atom stereocenters. The summed E-state index contributed by atoms with van der Waals surface area (Å²) >= 11 is 0. The molecule has 0 bridgehead atoms. The standard InChI is InChI=1S/C24H21FN2O2/c1-14-20(13-26)23(16-4-3-5-18(25)10-16)24-21(27-14)11-17(12-22(24)28)15-6-8-19(29-2)9-7-15/h3-10,17,20,23H,11-12H2,1-2H3. The Balaban J connectivity index is 1.76. The van der Waals surface area contributed by atoms with Gasteiger partial charge in [-0.15, -0.1) is 0 Å². The van der Waals surface area contributed by atoms with E-state index in [9.17, 15) is 14.4 Å². The molecule has 146 valence electrons. The number of benzene rings is 2. The lowest BCUT2D eigenvalue weighted by molar-refractivity contribution is -0.116. The predicted molar refractivity (Wildman–Crippen MR) is 108 cm³/mol. The minimum atomic E-state index is -0.572. The van der Waals surface area contributed by atoms with Crippen LogP contribution < -0.4 is 4.74 Å². The summed E-state index contributed by atoms with van der Waals surface area (Å²) in [6, 6.07) is 16.2. The summed E-state index contributed by atoms with van der Waals surface area (Å²) in [5.41, 5.74) is 3.67. The number of rotatable bonds is 3. The second-order valence-electron chi connectivity index (χ2n) is 7.55. The van der Waals surface area contributed by atoms with E-state index in [4.69, 9.17) is 4.74 Å². The van der Waals surface area contributed by atoms with Crippen molar-refractivity contribution in [2.45, 2.75) is 31.6 Å². The van der Waals surface area contributed by atoms with Crippen LogP contribution in [0.4, 0.5) is 4.39 Å². The van der Waals surface area contributed by atoms with Crippen molar-refractivity contribution < 1.29 is 13.9 Å². The molecule has 0 N–H and O–H groups in total. The van der Waals surface area contributed by atoms with Gasteiger partial charge >= 0.3 is 0 Å². The fourth-order valence-corrected chi connectivity index (χ4v) is 4.40. The molecule has 2 aromatic rings. The fraction of sp³-hybridized carbons (Fsp3) is 0.292. The Morgan fingerprint density at radius 2 is 1.90 bits per heavy atom. The van der Waals surface area contributed by atoms with E-state index in [0.29, 0.717) is 29.7 Å². The number of nitrogens with zero attached hydrogens (tertiary/aromatic N) is 2. The van der Waals surface area contributed by atoms with Gasteiger partial charge in [-0.05, 0) is 54.7 Å². The van der Waals surface area contributed by atoms with Crippen LogP contribution in [0.15, 0.2) is 64.8 Å². The zero-order valence-electron chi connectivity index (χ0n) is 16.4. The number of halogens is 1. The minimum Gasteiger partial charge on any atom is -0.497 e. The number of hydrogen-bond donors (Lipinski definition) is 0. The number of ether oxygens (including phenoxy) is 1. The summed E-state index contributed by atoms with van der Waals surface area (Å²) in [5.74, 6) is -0.649. The third-order valence-electron chi connectivity index (χ3n) is 5.82. The third kappa shape index (κ3) is 3.47. The lowest BCUT2D eigenvalue weighted by Crippen LogP contribution is -2.32. The molecule has 0 spiro atoms. The molecule has 1 heterocycles. The molecule has 2 aliphatic rings. The molecule has 1 aliphatic carbocycles. The Morgan fingerprint density at radius 3 is 2.55 bits per heavy atom. The number of carbonyl (C=O) groups excluding carboxylic acids is 1. The van der Waals surface area contributed by atoms with Crippen LogP contribution in [-0.2, 0) is 4.79 Å². The highest BCUT2D eigenvalue weighted by molar-refractivity contribution is 6.03. The first-order valence-corrected chi connectivity index (χ1v) is 9.62. The van der Waals surface area contributed by atoms with Crippen molar-refractivity contribution in [1.82, 2.24) is 0 Å². The topological polar surface area (TPSA) is 62.4 Å². The largest absolute Gasteiger partial charge is 0.497 e. The van der Waals surface area contributed by atoms with E-state index in [1.54, 1.807) is 19.2 Å². The van der Waals surface area contributed by atoms with Crippen LogP contribution in [0.3, 0.4) is 0 Å². The molecule has 0 amide bonds. The number of Topliss-reactive ketones (excluding diaryl/α,β-unsaturated/α-hetero) is 1. The third-order valence-corrected chi connectivity index (χ3v) is 5.82. The molecule has 0 saturated heterocycles. The van der Waals surface area contributed by atoms with Gasteiger partial charge in [0.1, 0.15) is 11.6 Å². The number of nitriles is 1. The van der Waals surface area contributed by atoms with Gasteiger partial charge in [-0.25, -0.2) is 4.39 Å². The second-order valence-corrected chi connectivity index (χ2v) is 7.55. The lowest BCUT2D eigenvalue weighted by atomic mass is 9.69. The summed E-state index contributed by atoms with van der Waals surface area (Å²) in [5, 5.41) is 9.75. The van der Waals surface area contributed by atoms with E-state index >= 15 is 0 Å². The van der Waals surface area contributed by atoms with Crippen molar-refractivity contribution in [2.24, 2.45) is 10.9 Å². The molecule has 0 saturated carbocycles. The normalized spacial score (nSPS) is 23.9. The van der Waals surface area contributed by atoms with Crippen LogP contribution in [0.2, 0.25) is 0 Å². The van der Waals surface area contributed by atoms with E-state index in [-0.39, 0.29) is 17.5 Å². The first-order valence-electron chi connectivity index (χ1n) is 9.62. The smallest absolute Gasteiger partial charge is 0.161 e. The van der Waals surface area contributed by atoms with E-state index in [1.807, 2.05) is 31.2 Å². The first-order chi connectivity index (χ1) is 14.0. The highest BCUT2D eigenvalue weighted by Gasteiger charge is 2.41. The SMILES string of the molecule is COc1ccc(C2CC(=O)C3=C(C2)N=C(C)C(C#N)C3c2cccc(F)c2)cc1. The van der Waals surface area contributed by atoms with E-state index in [1.165, 1.54) is 12.1 Å². The van der Waals surface area contributed by atoms with Crippen molar-refractivity contribution in [2.75, 3.05) is 7.11 Å². The highest BCUT2D eigenvalue weighted by Crippen LogP contribution is 2.46. The maximum Gasteiger partial charge on any atom is 0.161 e. The summed E-state index contributed by atoms with van der Waals surface area (Å²) in [4.78, 5) is 17.9. The Labute approximate surface area is 169 Å². The molecule has 4 nitrogen and oxygen atoms in total. The summed E-state index contributed by atoms with van der Waals surface area (Å²) < 4.78 is 19.1. The van der Waals surface area contributed by atoms with Crippen LogP contribution >= 0.6 is 0 Å². The maximum atomic E-state index is 13.9. The molecular weight excluding hydrogens is 367 g/mol. The van der Waals surface area contributed by atoms with Crippen molar-refractivity contribution in [3.8, 4) is 11.8 Å². The molecule has 4 rings (SSSR count). The second kappa shape index (κ2) is 7.63. The van der Waals surface area contributed by atoms with Gasteiger partial charge in [0.05, 0.1) is 19.1 Å². The average Bonchev–Trinajstić information content (AvgIpc) is 2.72. The number of carbonyl (C=O) groups is 1. The Hall–Kier alpha value is -3.26. The fourth-order valence-electron chi connectivity index (χ4n) is 4.40. The van der Waals surface area contributed by atoms with Gasteiger partial charge in [0.15, 0.2) is 5.78 Å². The van der Waals surface area contributed by atoms with Crippen molar-refractivity contribution in [3.63, 3.8) is 0 Å². The van der Waals surface area contributed by atoms with E-state index < -0.39 is 11.8 Å². The van der Waals surface area contributed by atoms with Crippen LogP contribution in [0.5, 0.6) is 5.75 Å². The van der Waals surface area contributed by atoms with Crippen molar-refractivity contribution in [1.29, 1.82) is 5.26 Å². The molecule has 2 aromatic carbocycles. The van der Waals surface area contributed by atoms with Gasteiger partial charge in [-0.2, -0.15) is 5.26 Å². The summed E-state index contributed by atoms with van der Waals surface area (Å²) in [6.45, 7) is 1.81. The van der Waals surface area contributed by atoms with Gasteiger partial charge in [0, 0.05) is 29.3 Å². The average molecular weight is 388 g/mol. The number of aliphatic imine (C=N–C) groups is 1. The molecule has 0 radical (unpaired) electrons. The van der Waals surface area contributed by atoms with Crippen molar-refractivity contribution >= 4 is 11.5 Å². The Bertz CT molecular complexity index is 1060. The molecule has 29 heavy (non-hydrogen) atoms. The van der Waals surface area contributed by atoms with Crippen LogP contribution in [0.1, 0.15) is 42.7 Å². The van der Waals surface area contributed by atoms with Gasteiger partial charge in [0.25, 0.3) is 0 Å². The van der Waals surface area contributed by atoms with Gasteiger partial charge in [0.2, 0.25) is 0 Å². The number of allylic oxidation sites excluding steroid dienone is 2. The van der Waals surface area contributed by atoms with E-state index in [2.05, 4.69) is 11.1 Å². The van der Waals surface area contributed by atoms with E-state index in [0.717, 1.165) is 17.0 Å². The van der Waals surface area contributed by atoms with Gasteiger partial charge in [-0.1, -0.05) is 24.3 Å². The molecular formula is C24H21FN2O2. The van der Waals surface area contributed by atoms with Crippen LogP contribution in [0.25, 0.3) is 0 Å². The highest BCUT2D eigenvalue weighted by atomic mass is 19.1. The van der Waals surface area contributed by atoms with Crippen LogP contribution in [0, 0.1) is 23.1 Å². The van der Waals surface area contributed by atoms with Crippen LogP contribution in [-0.4, -0.2) is 18.6 Å². The summed E-state index contributed by atoms with van der Waals surface area (Å²) in [6.07, 6.45) is 0.971. The van der Waals surface area contributed by atoms with Gasteiger partial charge in [-0.3, -0.25) is 9.79 Å². The predicted octanol–water partition coefficient (Wildman–Crippen LogP) is 4.93. The lowest BCUT2D eigenvalue weighted by Gasteiger charge is -2.35. The minimum absolute atomic E-state index is 0.0159. The monoisotopic (exact) mass is 388 g/mol. The first kappa shape index (κ1) is 19.1. The van der Waals surface area contributed by atoms with Crippen molar-refractivity contribution in [3.05, 3.63) is 76.7 Å². The Morgan fingerprint density at radius 1 is 1.14 bits per heavy atom. The molecule has 0 aromatic heterocycles. The molecule has 0 fully saturated rings. The molecule has 3 unspecified atom stereocenters.